The van der Waals surface area contributed by atoms with Crippen LogP contribution in [0.2, 0.25) is 0 Å². The summed E-state index contributed by atoms with van der Waals surface area (Å²) < 4.78 is 0. The molecule has 0 aromatic rings. The third kappa shape index (κ3) is 4.04. The van der Waals surface area contributed by atoms with Gasteiger partial charge in [0, 0.05) is 6.42 Å². The van der Waals surface area contributed by atoms with E-state index in [9.17, 15) is 19.2 Å². The maximum Gasteiger partial charge on any atom is 0.310 e. The molecule has 0 bridgehead atoms. The van der Waals surface area contributed by atoms with Crippen molar-refractivity contribution in [3.05, 3.63) is 0 Å². The van der Waals surface area contributed by atoms with Crippen molar-refractivity contribution in [2.75, 3.05) is 0 Å². The Morgan fingerprint density at radius 2 is 1.50 bits per heavy atom. The molecule has 8 nitrogen and oxygen atoms in total. The molecule has 2 unspecified atom stereocenters. The van der Waals surface area contributed by atoms with Crippen LogP contribution < -0.4 is 0 Å². The fraction of sp³-hybridized carbons (Fsp3) is 0.600. The topological polar surface area (TPSA) is 149 Å². The minimum Gasteiger partial charge on any atom is -0.481 e. The summed E-state index contributed by atoms with van der Waals surface area (Å²) in [6.07, 6.45) is -1.88. The molecule has 0 heterocycles. The zero-order chi connectivity index (χ0) is 14.5. The van der Waals surface area contributed by atoms with Crippen molar-refractivity contribution in [2.45, 2.75) is 26.2 Å². The summed E-state index contributed by atoms with van der Waals surface area (Å²) in [7, 11) is 0. The lowest BCUT2D eigenvalue weighted by molar-refractivity contribution is -0.165. The molecule has 0 radical (unpaired) electrons. The summed E-state index contributed by atoms with van der Waals surface area (Å²) in [5.41, 5.74) is -1.94. The molecular weight excluding hydrogens is 248 g/mol. The molecule has 0 saturated carbocycles. The summed E-state index contributed by atoms with van der Waals surface area (Å²) in [4.78, 5) is 43.0. The molecule has 2 atom stereocenters. The highest BCUT2D eigenvalue weighted by Crippen LogP contribution is 2.35. The summed E-state index contributed by atoms with van der Waals surface area (Å²) in [6, 6.07) is 0. The highest BCUT2D eigenvalue weighted by atomic mass is 16.4. The van der Waals surface area contributed by atoms with E-state index in [4.69, 9.17) is 20.4 Å². The molecule has 0 aromatic carbocycles. The van der Waals surface area contributed by atoms with E-state index >= 15 is 0 Å². The molecule has 18 heavy (non-hydrogen) atoms. The average Bonchev–Trinajstić information content (AvgIpc) is 2.21. The van der Waals surface area contributed by atoms with Gasteiger partial charge in [0.2, 0.25) is 0 Å². The predicted molar refractivity (Wildman–Crippen MR) is 56.0 cm³/mol. The third-order valence-corrected chi connectivity index (χ3v) is 2.79. The van der Waals surface area contributed by atoms with E-state index in [0.29, 0.717) is 0 Å². The van der Waals surface area contributed by atoms with E-state index in [1.165, 1.54) is 0 Å². The van der Waals surface area contributed by atoms with Gasteiger partial charge in [0.25, 0.3) is 0 Å². The first kappa shape index (κ1) is 15.9. The summed E-state index contributed by atoms with van der Waals surface area (Å²) in [5.74, 6) is -7.52. The van der Waals surface area contributed by atoms with E-state index in [1.54, 1.807) is 0 Å². The molecule has 0 saturated heterocycles. The van der Waals surface area contributed by atoms with Gasteiger partial charge in [-0.15, -0.1) is 0 Å². The second-order valence-electron chi connectivity index (χ2n) is 4.11. The molecule has 0 rings (SSSR count). The zero-order valence-electron chi connectivity index (χ0n) is 9.62. The molecular formula is C10H14O8. The number of rotatable bonds is 8. The van der Waals surface area contributed by atoms with Crippen LogP contribution in [0.4, 0.5) is 0 Å². The SMILES string of the molecule is CC(CCC(=O)O)(C(=O)O)C(CC(=O)O)C(=O)O. The number of carbonyl (C=O) groups is 4. The normalized spacial score (nSPS) is 15.4. The lowest BCUT2D eigenvalue weighted by Crippen LogP contribution is -2.41. The summed E-state index contributed by atoms with van der Waals surface area (Å²) in [6.45, 7) is 1.04. The largest absolute Gasteiger partial charge is 0.481 e. The first-order chi connectivity index (χ1) is 8.11. The molecule has 8 heteroatoms. The first-order valence-corrected chi connectivity index (χ1v) is 5.01. The van der Waals surface area contributed by atoms with Crippen molar-refractivity contribution in [1.82, 2.24) is 0 Å². The van der Waals surface area contributed by atoms with Crippen molar-refractivity contribution in [3.8, 4) is 0 Å². The van der Waals surface area contributed by atoms with Gasteiger partial charge in [0.1, 0.15) is 0 Å². The Morgan fingerprint density at radius 3 is 1.78 bits per heavy atom. The van der Waals surface area contributed by atoms with Gasteiger partial charge < -0.3 is 20.4 Å². The van der Waals surface area contributed by atoms with Crippen LogP contribution in [0, 0.1) is 11.3 Å². The predicted octanol–water partition coefficient (Wildman–Crippen LogP) is 0.118. The van der Waals surface area contributed by atoms with Crippen LogP contribution in [0.3, 0.4) is 0 Å². The Labute approximate surface area is 102 Å². The Hall–Kier alpha value is -2.12. The number of carboxylic acid groups (broad SMARTS) is 4. The average molecular weight is 262 g/mol. The highest BCUT2D eigenvalue weighted by molar-refractivity contribution is 5.86. The number of carboxylic acids is 4. The fourth-order valence-electron chi connectivity index (χ4n) is 1.56. The van der Waals surface area contributed by atoms with E-state index in [-0.39, 0.29) is 0 Å². The summed E-state index contributed by atoms with van der Waals surface area (Å²) in [5, 5.41) is 35.0. The van der Waals surface area contributed by atoms with Gasteiger partial charge >= 0.3 is 23.9 Å². The van der Waals surface area contributed by atoms with E-state index < -0.39 is 54.5 Å². The van der Waals surface area contributed by atoms with Crippen LogP contribution in [0.25, 0.3) is 0 Å². The Kier molecular flexibility index (Phi) is 5.28. The van der Waals surface area contributed by atoms with Gasteiger partial charge in [-0.1, -0.05) is 0 Å². The molecule has 0 aliphatic rings. The number of hydrogen-bond acceptors (Lipinski definition) is 4. The van der Waals surface area contributed by atoms with E-state index in [0.717, 1.165) is 6.92 Å². The standard InChI is InChI=1S/C10H14O8/c1-10(9(17)18,3-2-6(11)12)5(8(15)16)4-7(13)14/h5H,2-4H2,1H3,(H,11,12)(H,13,14)(H,15,16)(H,17,18). The molecule has 0 aliphatic carbocycles. The smallest absolute Gasteiger partial charge is 0.310 e. The van der Waals surface area contributed by atoms with Gasteiger partial charge in [0.05, 0.1) is 17.8 Å². The molecule has 4 N–H and O–H groups in total. The summed E-state index contributed by atoms with van der Waals surface area (Å²) >= 11 is 0. The lowest BCUT2D eigenvalue weighted by atomic mass is 9.72. The molecule has 102 valence electrons. The van der Waals surface area contributed by atoms with Crippen LogP contribution in [-0.2, 0) is 19.2 Å². The van der Waals surface area contributed by atoms with Gasteiger partial charge in [-0.2, -0.15) is 0 Å². The fourth-order valence-corrected chi connectivity index (χ4v) is 1.56. The second-order valence-corrected chi connectivity index (χ2v) is 4.11. The molecule has 0 spiro atoms. The lowest BCUT2D eigenvalue weighted by Gasteiger charge is -2.29. The Balaban J connectivity index is 5.24. The van der Waals surface area contributed by atoms with Crippen LogP contribution in [0.1, 0.15) is 26.2 Å². The molecule has 0 aromatic heterocycles. The monoisotopic (exact) mass is 262 g/mol. The number of aliphatic carboxylic acids is 4. The van der Waals surface area contributed by atoms with Gasteiger partial charge in [0.15, 0.2) is 0 Å². The quantitative estimate of drug-likeness (QED) is 0.481. The van der Waals surface area contributed by atoms with Crippen molar-refractivity contribution >= 4 is 23.9 Å². The van der Waals surface area contributed by atoms with Crippen molar-refractivity contribution in [1.29, 1.82) is 0 Å². The zero-order valence-corrected chi connectivity index (χ0v) is 9.62. The van der Waals surface area contributed by atoms with Crippen molar-refractivity contribution in [2.24, 2.45) is 11.3 Å². The highest BCUT2D eigenvalue weighted by Gasteiger charge is 2.46. The molecule has 0 fully saturated rings. The van der Waals surface area contributed by atoms with E-state index in [2.05, 4.69) is 0 Å². The molecule has 0 aliphatic heterocycles. The minimum absolute atomic E-state index is 0.456. The maximum absolute atomic E-state index is 11.1. The second kappa shape index (κ2) is 5.99. The van der Waals surface area contributed by atoms with Crippen LogP contribution >= 0.6 is 0 Å². The first-order valence-electron chi connectivity index (χ1n) is 5.01. The van der Waals surface area contributed by atoms with Crippen LogP contribution in [0.15, 0.2) is 0 Å². The molecule has 0 amide bonds. The van der Waals surface area contributed by atoms with Crippen molar-refractivity contribution < 1.29 is 39.6 Å². The van der Waals surface area contributed by atoms with Crippen molar-refractivity contribution in [3.63, 3.8) is 0 Å². The Morgan fingerprint density at radius 1 is 1.00 bits per heavy atom. The number of hydrogen-bond donors (Lipinski definition) is 4. The van der Waals surface area contributed by atoms with Gasteiger partial charge in [-0.05, 0) is 13.3 Å². The van der Waals surface area contributed by atoms with E-state index in [1.807, 2.05) is 0 Å². The van der Waals surface area contributed by atoms with Gasteiger partial charge in [-0.25, -0.2) is 0 Å². The Bertz CT molecular complexity index is 374. The van der Waals surface area contributed by atoms with Crippen LogP contribution in [-0.4, -0.2) is 44.3 Å². The maximum atomic E-state index is 11.1. The third-order valence-electron chi connectivity index (χ3n) is 2.79. The van der Waals surface area contributed by atoms with Crippen LogP contribution in [0.5, 0.6) is 0 Å². The van der Waals surface area contributed by atoms with Gasteiger partial charge in [-0.3, -0.25) is 19.2 Å². The minimum atomic E-state index is -1.94.